The highest BCUT2D eigenvalue weighted by Crippen LogP contribution is 2.35. The number of carbonyl (C=O) groups excluding carboxylic acids is 2. The molecular weight excluding hydrogens is 287 g/mol. The van der Waals surface area contributed by atoms with E-state index in [0.29, 0.717) is 11.1 Å². The molecule has 0 spiro atoms. The summed E-state index contributed by atoms with van der Waals surface area (Å²) < 4.78 is 5.31. The van der Waals surface area contributed by atoms with Crippen molar-refractivity contribution in [2.75, 3.05) is 0 Å². The van der Waals surface area contributed by atoms with Gasteiger partial charge in [-0.05, 0) is 18.9 Å². The highest BCUT2D eigenvalue weighted by molar-refractivity contribution is 6.55. The number of unbranched alkanes of at least 4 members (excludes halogenated alkanes) is 1. The number of fused-ring (bicyclic) bond motifs is 1. The third-order valence-corrected chi connectivity index (χ3v) is 3.57. The Balaban J connectivity index is 2.28. The van der Waals surface area contributed by atoms with Crippen LogP contribution in [-0.2, 0) is 4.74 Å². The summed E-state index contributed by atoms with van der Waals surface area (Å²) in [5.74, 6) is -0.789. The van der Waals surface area contributed by atoms with Gasteiger partial charge in [0.05, 0.1) is 5.56 Å². The standard InChI is InChI=1S/C14H14Cl2O3/c1-2-3-4-11-9-6-5-8(12(17)13(15)16)7-10(9)14(18)19-11/h5-7,11,13H,2-4H2,1H3. The summed E-state index contributed by atoms with van der Waals surface area (Å²) in [6.07, 6.45) is 2.63. The number of esters is 1. The Labute approximate surface area is 121 Å². The van der Waals surface area contributed by atoms with E-state index in [4.69, 9.17) is 27.9 Å². The Morgan fingerprint density at radius 2 is 2.16 bits per heavy atom. The third kappa shape index (κ3) is 2.93. The SMILES string of the molecule is CCCCC1OC(=O)c2cc(C(=O)C(Cl)Cl)ccc21. The van der Waals surface area contributed by atoms with E-state index in [1.807, 2.05) is 0 Å². The summed E-state index contributed by atoms with van der Waals surface area (Å²) in [6, 6.07) is 4.91. The molecule has 102 valence electrons. The zero-order valence-corrected chi connectivity index (χ0v) is 12.0. The van der Waals surface area contributed by atoms with Crippen molar-refractivity contribution >= 4 is 35.0 Å². The van der Waals surface area contributed by atoms with Crippen LogP contribution in [0.15, 0.2) is 18.2 Å². The lowest BCUT2D eigenvalue weighted by atomic mass is 9.98. The normalized spacial score (nSPS) is 17.5. The second-order valence-electron chi connectivity index (χ2n) is 4.50. The van der Waals surface area contributed by atoms with E-state index in [1.54, 1.807) is 12.1 Å². The third-order valence-electron chi connectivity index (χ3n) is 3.17. The molecule has 0 bridgehead atoms. The Morgan fingerprint density at radius 1 is 1.42 bits per heavy atom. The van der Waals surface area contributed by atoms with Gasteiger partial charge in [-0.3, -0.25) is 4.79 Å². The molecule has 0 fully saturated rings. The van der Waals surface area contributed by atoms with Crippen molar-refractivity contribution in [2.24, 2.45) is 0 Å². The molecule has 1 atom stereocenters. The van der Waals surface area contributed by atoms with Crippen LogP contribution in [0.1, 0.15) is 58.6 Å². The first kappa shape index (κ1) is 14.4. The lowest BCUT2D eigenvalue weighted by molar-refractivity contribution is 0.0364. The second-order valence-corrected chi connectivity index (χ2v) is 5.60. The molecule has 19 heavy (non-hydrogen) atoms. The summed E-state index contributed by atoms with van der Waals surface area (Å²) in [4.78, 5) is 22.4. The number of hydrogen-bond acceptors (Lipinski definition) is 3. The van der Waals surface area contributed by atoms with Gasteiger partial charge >= 0.3 is 5.97 Å². The molecule has 0 radical (unpaired) electrons. The van der Waals surface area contributed by atoms with Crippen LogP contribution in [0.4, 0.5) is 0 Å². The summed E-state index contributed by atoms with van der Waals surface area (Å²) in [6.45, 7) is 2.08. The summed E-state index contributed by atoms with van der Waals surface area (Å²) in [5, 5.41) is 0. The quantitative estimate of drug-likeness (QED) is 0.467. The summed E-state index contributed by atoms with van der Waals surface area (Å²) in [5.41, 5.74) is 1.62. The monoisotopic (exact) mass is 300 g/mol. The first-order chi connectivity index (χ1) is 9.04. The predicted octanol–water partition coefficient (Wildman–Crippen LogP) is 4.07. The maximum absolute atomic E-state index is 11.8. The van der Waals surface area contributed by atoms with Crippen LogP contribution >= 0.6 is 23.2 Å². The Kier molecular flexibility index (Phi) is 4.48. The minimum atomic E-state index is -1.12. The average Bonchev–Trinajstić information content (AvgIpc) is 2.71. The van der Waals surface area contributed by atoms with Crippen molar-refractivity contribution in [3.05, 3.63) is 34.9 Å². The van der Waals surface area contributed by atoms with E-state index in [0.717, 1.165) is 24.8 Å². The predicted molar refractivity (Wildman–Crippen MR) is 73.9 cm³/mol. The van der Waals surface area contributed by atoms with E-state index in [9.17, 15) is 9.59 Å². The number of benzene rings is 1. The number of carbonyl (C=O) groups is 2. The van der Waals surface area contributed by atoms with Crippen LogP contribution < -0.4 is 0 Å². The minimum absolute atomic E-state index is 0.200. The van der Waals surface area contributed by atoms with E-state index >= 15 is 0 Å². The Bertz CT molecular complexity index is 511. The minimum Gasteiger partial charge on any atom is -0.454 e. The molecule has 0 aromatic heterocycles. The fourth-order valence-electron chi connectivity index (χ4n) is 2.15. The van der Waals surface area contributed by atoms with Crippen molar-refractivity contribution in [2.45, 2.75) is 37.1 Å². The summed E-state index contributed by atoms with van der Waals surface area (Å²) in [7, 11) is 0. The molecule has 1 unspecified atom stereocenters. The molecular formula is C14H14Cl2O3. The maximum atomic E-state index is 11.8. The fourth-order valence-corrected chi connectivity index (χ4v) is 2.41. The van der Waals surface area contributed by atoms with E-state index in [2.05, 4.69) is 6.92 Å². The maximum Gasteiger partial charge on any atom is 0.339 e. The van der Waals surface area contributed by atoms with Gasteiger partial charge in [-0.1, -0.05) is 48.7 Å². The van der Waals surface area contributed by atoms with Crippen molar-refractivity contribution in [1.82, 2.24) is 0 Å². The lowest BCUT2D eigenvalue weighted by Gasteiger charge is -2.09. The largest absolute Gasteiger partial charge is 0.454 e. The van der Waals surface area contributed by atoms with Gasteiger partial charge in [0.2, 0.25) is 0 Å². The first-order valence-corrected chi connectivity index (χ1v) is 7.09. The fraction of sp³-hybridized carbons (Fsp3) is 0.429. The molecule has 0 saturated heterocycles. The number of Topliss-reactive ketones (excluding diaryl/α,β-unsaturated/α-hetero) is 1. The van der Waals surface area contributed by atoms with Crippen LogP contribution in [0.25, 0.3) is 0 Å². The number of ketones is 1. The van der Waals surface area contributed by atoms with Gasteiger partial charge in [-0.2, -0.15) is 0 Å². The van der Waals surface area contributed by atoms with Crippen LogP contribution in [-0.4, -0.2) is 16.6 Å². The number of alkyl halides is 2. The summed E-state index contributed by atoms with van der Waals surface area (Å²) >= 11 is 11.1. The van der Waals surface area contributed by atoms with Crippen molar-refractivity contribution in [3.8, 4) is 0 Å². The number of ether oxygens (including phenoxy) is 1. The molecule has 0 aliphatic carbocycles. The van der Waals surface area contributed by atoms with Gasteiger partial charge < -0.3 is 4.74 Å². The van der Waals surface area contributed by atoms with Crippen LogP contribution in [0.3, 0.4) is 0 Å². The zero-order valence-electron chi connectivity index (χ0n) is 10.5. The van der Waals surface area contributed by atoms with Crippen LogP contribution in [0.5, 0.6) is 0 Å². The lowest BCUT2D eigenvalue weighted by Crippen LogP contribution is -2.09. The Hall–Kier alpha value is -1.06. The molecule has 2 rings (SSSR count). The van der Waals surface area contributed by atoms with E-state index < -0.39 is 10.6 Å². The molecule has 1 heterocycles. The topological polar surface area (TPSA) is 43.4 Å². The molecule has 5 heteroatoms. The molecule has 3 nitrogen and oxygen atoms in total. The molecule has 0 N–H and O–H groups in total. The highest BCUT2D eigenvalue weighted by atomic mass is 35.5. The zero-order chi connectivity index (χ0) is 14.0. The number of halogens is 2. The van der Waals surface area contributed by atoms with Gasteiger partial charge in [0.25, 0.3) is 0 Å². The molecule has 0 amide bonds. The average molecular weight is 301 g/mol. The molecule has 1 aliphatic heterocycles. The van der Waals surface area contributed by atoms with E-state index in [1.165, 1.54) is 6.07 Å². The van der Waals surface area contributed by atoms with Gasteiger partial charge in [-0.15, -0.1) is 0 Å². The number of rotatable bonds is 5. The molecule has 1 aliphatic rings. The van der Waals surface area contributed by atoms with Crippen molar-refractivity contribution in [3.63, 3.8) is 0 Å². The van der Waals surface area contributed by atoms with Gasteiger partial charge in [0, 0.05) is 11.1 Å². The smallest absolute Gasteiger partial charge is 0.339 e. The van der Waals surface area contributed by atoms with Crippen molar-refractivity contribution < 1.29 is 14.3 Å². The molecule has 1 aromatic rings. The van der Waals surface area contributed by atoms with Gasteiger partial charge in [0.15, 0.2) is 10.6 Å². The van der Waals surface area contributed by atoms with Crippen LogP contribution in [0.2, 0.25) is 0 Å². The number of cyclic esters (lactones) is 1. The molecule has 1 aromatic carbocycles. The Morgan fingerprint density at radius 3 is 2.79 bits per heavy atom. The second kappa shape index (κ2) is 5.93. The highest BCUT2D eigenvalue weighted by Gasteiger charge is 2.31. The van der Waals surface area contributed by atoms with Crippen LogP contribution in [0, 0.1) is 0 Å². The first-order valence-electron chi connectivity index (χ1n) is 6.22. The number of hydrogen-bond donors (Lipinski definition) is 0. The van der Waals surface area contributed by atoms with Gasteiger partial charge in [-0.25, -0.2) is 4.79 Å². The van der Waals surface area contributed by atoms with Gasteiger partial charge in [0.1, 0.15) is 6.10 Å². The molecule has 0 saturated carbocycles. The van der Waals surface area contributed by atoms with Crippen molar-refractivity contribution in [1.29, 1.82) is 0 Å². The van der Waals surface area contributed by atoms with E-state index in [-0.39, 0.29) is 12.1 Å².